The Labute approximate surface area is 128 Å². The molecule has 1 rings (SSSR count). The van der Waals surface area contributed by atoms with E-state index in [4.69, 9.17) is 21.2 Å². The van der Waals surface area contributed by atoms with Gasteiger partial charge in [0.05, 0.1) is 5.84 Å². The number of amides is 1. The van der Waals surface area contributed by atoms with Crippen molar-refractivity contribution in [1.29, 1.82) is 21.2 Å². The first-order chi connectivity index (χ1) is 6.65. The minimum absolute atomic E-state index is 0. The van der Waals surface area contributed by atoms with Gasteiger partial charge in [-0.05, 0) is 5.92 Å². The van der Waals surface area contributed by atoms with E-state index in [-0.39, 0.29) is 68.7 Å². The average Bonchev–Trinajstić information content (AvgIpc) is 2.44. The summed E-state index contributed by atoms with van der Waals surface area (Å²) in [7, 11) is 0. The summed E-state index contributed by atoms with van der Waals surface area (Å²) < 4.78 is 0. The molecule has 0 unspecified atom stereocenters. The van der Waals surface area contributed by atoms with Crippen molar-refractivity contribution in [2.24, 2.45) is 0 Å². The van der Waals surface area contributed by atoms with Gasteiger partial charge in [0.15, 0.2) is 0 Å². The Morgan fingerprint density at radius 2 is 1.87 bits per heavy atom. The van der Waals surface area contributed by atoms with Crippen LogP contribution in [0.3, 0.4) is 0 Å². The summed E-state index contributed by atoms with van der Waals surface area (Å²) in [6.45, 7) is 0. The molecule has 7 heteroatoms. The molecular formula is C8H2KN5O. The molecule has 1 amide bonds. The first-order valence-electron chi connectivity index (χ1n) is 3.37. The van der Waals surface area contributed by atoms with E-state index in [9.17, 15) is 4.79 Å². The largest absolute Gasteiger partial charge is 1.00 e. The summed E-state index contributed by atoms with van der Waals surface area (Å²) in [4.78, 5) is 11.1. The Morgan fingerprint density at radius 3 is 2.27 bits per heavy atom. The van der Waals surface area contributed by atoms with E-state index in [0.29, 0.717) is 0 Å². The van der Waals surface area contributed by atoms with Gasteiger partial charge in [-0.25, -0.2) is 15.8 Å². The van der Waals surface area contributed by atoms with Crippen molar-refractivity contribution in [3.63, 3.8) is 0 Å². The number of rotatable bonds is 0. The molecular weight excluding hydrogens is 221 g/mol. The molecule has 0 bridgehead atoms. The van der Waals surface area contributed by atoms with Crippen LogP contribution in [0.4, 0.5) is 0 Å². The van der Waals surface area contributed by atoms with Crippen molar-refractivity contribution in [1.82, 2.24) is 5.32 Å². The van der Waals surface area contributed by atoms with Gasteiger partial charge in [-0.1, -0.05) is 5.57 Å². The van der Waals surface area contributed by atoms with Gasteiger partial charge >= 0.3 is 51.4 Å². The molecule has 15 heavy (non-hydrogen) atoms. The van der Waals surface area contributed by atoms with Crippen LogP contribution >= 0.6 is 0 Å². The number of carbonyl (C=O) groups excluding carboxylic acids is 1. The summed E-state index contributed by atoms with van der Waals surface area (Å²) in [5, 5.41) is 34.8. The normalized spacial score (nSPS) is 13.1. The molecule has 1 saturated heterocycles. The molecule has 6 nitrogen and oxygen atoms in total. The van der Waals surface area contributed by atoms with Crippen LogP contribution in [-0.2, 0) is 4.79 Å². The first kappa shape index (κ1) is 13.9. The van der Waals surface area contributed by atoms with Gasteiger partial charge in [0.2, 0.25) is 0 Å². The average molecular weight is 223 g/mol. The van der Waals surface area contributed by atoms with E-state index >= 15 is 0 Å². The monoisotopic (exact) mass is 223 g/mol. The third-order valence-corrected chi connectivity index (χ3v) is 1.55. The Balaban J connectivity index is 0.00000196. The van der Waals surface area contributed by atoms with E-state index in [1.54, 1.807) is 6.07 Å². The first-order valence-corrected chi connectivity index (χ1v) is 3.37. The predicted octanol–water partition coefficient (Wildman–Crippen LogP) is -3.46. The van der Waals surface area contributed by atoms with Crippen LogP contribution in [0, 0.1) is 45.3 Å². The van der Waals surface area contributed by atoms with Crippen molar-refractivity contribution in [3.8, 4) is 18.2 Å². The second-order valence-corrected chi connectivity index (χ2v) is 2.29. The quantitative estimate of drug-likeness (QED) is 0.192. The van der Waals surface area contributed by atoms with Gasteiger partial charge in [0.1, 0.15) is 5.91 Å². The minimum Gasteiger partial charge on any atom is -0.370 e. The minimum atomic E-state index is -0.760. The Kier molecular flexibility index (Phi) is 5.24. The zero-order valence-corrected chi connectivity index (χ0v) is 10.9. The van der Waals surface area contributed by atoms with Crippen LogP contribution in [0.5, 0.6) is 0 Å². The van der Waals surface area contributed by atoms with Gasteiger partial charge in [0.25, 0.3) is 0 Å². The zero-order valence-electron chi connectivity index (χ0n) is 7.75. The SMILES string of the molecule is N#CC(C#N)=C1C(=O)NC(=N)[C-]1C#N.[K+]. The summed E-state index contributed by atoms with van der Waals surface area (Å²) in [6, 6.07) is 4.59. The smallest absolute Gasteiger partial charge is 0.370 e. The van der Waals surface area contributed by atoms with Crippen molar-refractivity contribution in [2.75, 3.05) is 0 Å². The second-order valence-electron chi connectivity index (χ2n) is 2.29. The van der Waals surface area contributed by atoms with Crippen LogP contribution in [0.25, 0.3) is 0 Å². The number of nitrogens with one attached hydrogen (secondary N) is 2. The molecule has 0 radical (unpaired) electrons. The van der Waals surface area contributed by atoms with Crippen molar-refractivity contribution in [3.05, 3.63) is 17.1 Å². The fourth-order valence-electron chi connectivity index (χ4n) is 0.964. The third-order valence-electron chi connectivity index (χ3n) is 1.55. The predicted molar refractivity (Wildman–Crippen MR) is 43.0 cm³/mol. The Hall–Kier alpha value is -1.14. The van der Waals surface area contributed by atoms with Crippen molar-refractivity contribution in [2.45, 2.75) is 0 Å². The number of hydrogen-bond donors (Lipinski definition) is 2. The molecule has 1 aliphatic heterocycles. The van der Waals surface area contributed by atoms with E-state index in [1.807, 2.05) is 5.32 Å². The van der Waals surface area contributed by atoms with Gasteiger partial charge in [-0.2, -0.15) is 0 Å². The molecule has 0 saturated carbocycles. The molecule has 0 atom stereocenters. The van der Waals surface area contributed by atoms with Crippen LogP contribution in [0.15, 0.2) is 11.1 Å². The number of amidine groups is 1. The second kappa shape index (κ2) is 5.67. The summed E-state index contributed by atoms with van der Waals surface area (Å²) >= 11 is 0. The summed E-state index contributed by atoms with van der Waals surface area (Å²) in [6.07, 6.45) is 0. The maximum atomic E-state index is 11.1. The van der Waals surface area contributed by atoms with E-state index in [0.717, 1.165) is 0 Å². The molecule has 0 aliphatic carbocycles. The third kappa shape index (κ3) is 2.45. The molecule has 0 aromatic heterocycles. The fourth-order valence-corrected chi connectivity index (χ4v) is 0.964. The number of nitriles is 3. The standard InChI is InChI=1S/C8H2N5O.K/c9-1-4(2-10)6-5(3-11)7(12)13-8(6)14;/h(H2,12,13,14);/q-1;+1. The van der Waals surface area contributed by atoms with E-state index in [1.165, 1.54) is 12.1 Å². The molecule has 0 spiro atoms. The molecule has 1 aliphatic rings. The van der Waals surface area contributed by atoms with Crippen LogP contribution in [-0.4, -0.2) is 11.7 Å². The van der Waals surface area contributed by atoms with Crippen LogP contribution in [0.2, 0.25) is 0 Å². The molecule has 66 valence electrons. The maximum absolute atomic E-state index is 11.1. The maximum Gasteiger partial charge on any atom is 1.00 e. The topological polar surface area (TPSA) is 124 Å². The zero-order chi connectivity index (χ0) is 10.7. The number of allylic oxidation sites excluding steroid dienone is 1. The van der Waals surface area contributed by atoms with E-state index in [2.05, 4.69) is 0 Å². The number of nitrogens with zero attached hydrogens (tertiary/aromatic N) is 3. The number of carbonyl (C=O) groups is 1. The van der Waals surface area contributed by atoms with Gasteiger partial charge in [0, 0.05) is 23.8 Å². The van der Waals surface area contributed by atoms with Gasteiger partial charge < -0.3 is 10.1 Å². The summed E-state index contributed by atoms with van der Waals surface area (Å²) in [5.74, 6) is -1.41. The Bertz CT molecular complexity index is 457. The van der Waals surface area contributed by atoms with Gasteiger partial charge in [-0.15, -0.1) is 0 Å². The van der Waals surface area contributed by atoms with Crippen LogP contribution < -0.4 is 56.7 Å². The van der Waals surface area contributed by atoms with E-state index < -0.39 is 11.5 Å². The van der Waals surface area contributed by atoms with Gasteiger partial charge in [-0.3, -0.25) is 5.41 Å². The van der Waals surface area contributed by atoms with Crippen molar-refractivity contribution >= 4 is 11.7 Å². The molecule has 1 heterocycles. The molecule has 1 fully saturated rings. The van der Waals surface area contributed by atoms with Crippen molar-refractivity contribution < 1.29 is 56.2 Å². The molecule has 0 aromatic carbocycles. The Morgan fingerprint density at radius 1 is 1.33 bits per heavy atom. The molecule has 0 aromatic rings. The molecule has 2 N–H and O–H groups in total. The number of hydrogen-bond acceptors (Lipinski definition) is 5. The fraction of sp³-hybridized carbons (Fsp3) is 0. The van der Waals surface area contributed by atoms with Crippen LogP contribution in [0.1, 0.15) is 0 Å². The summed E-state index contributed by atoms with van der Waals surface area (Å²) in [5.41, 5.74) is -0.774.